The maximum absolute atomic E-state index is 12.1. The molecule has 0 aliphatic heterocycles. The average molecular weight is 295 g/mol. The van der Waals surface area contributed by atoms with Crippen LogP contribution in [-0.4, -0.2) is 29.8 Å². The van der Waals surface area contributed by atoms with Crippen LogP contribution in [0.1, 0.15) is 32.4 Å². The number of carbonyl (C=O) groups is 2. The molecule has 2 atom stereocenters. The lowest BCUT2D eigenvalue weighted by Crippen LogP contribution is -2.39. The van der Waals surface area contributed by atoms with E-state index in [1.54, 1.807) is 45.0 Å². The topological polar surface area (TPSA) is 98.9 Å². The van der Waals surface area contributed by atoms with E-state index in [0.29, 0.717) is 11.3 Å². The van der Waals surface area contributed by atoms with Gasteiger partial charge in [-0.1, -0.05) is 18.2 Å². The van der Waals surface area contributed by atoms with Crippen LogP contribution in [0.15, 0.2) is 24.3 Å². The zero-order valence-corrected chi connectivity index (χ0v) is 12.6. The van der Waals surface area contributed by atoms with Gasteiger partial charge in [0.05, 0.1) is 13.2 Å². The SMILES string of the molecule is COc1ccccc1C(N)C(C(=O)O)C(=O)OC(C)(C)C. The zero-order valence-electron chi connectivity index (χ0n) is 12.6. The molecule has 1 rings (SSSR count). The Bertz CT molecular complexity index is 521. The molecule has 0 aliphatic rings. The molecule has 0 saturated carbocycles. The summed E-state index contributed by atoms with van der Waals surface area (Å²) in [6, 6.07) is 5.66. The summed E-state index contributed by atoms with van der Waals surface area (Å²) in [5.74, 6) is -3.27. The largest absolute Gasteiger partial charge is 0.496 e. The minimum absolute atomic E-state index is 0.430. The highest BCUT2D eigenvalue weighted by molar-refractivity contribution is 5.95. The van der Waals surface area contributed by atoms with Crippen LogP contribution in [0.2, 0.25) is 0 Å². The van der Waals surface area contributed by atoms with E-state index in [-0.39, 0.29) is 0 Å². The van der Waals surface area contributed by atoms with E-state index >= 15 is 0 Å². The van der Waals surface area contributed by atoms with Crippen molar-refractivity contribution >= 4 is 11.9 Å². The summed E-state index contributed by atoms with van der Waals surface area (Å²) in [5, 5.41) is 9.31. The number of hydrogen-bond donors (Lipinski definition) is 2. The number of esters is 1. The van der Waals surface area contributed by atoms with E-state index < -0.39 is 29.5 Å². The predicted octanol–water partition coefficient (Wildman–Crippen LogP) is 1.74. The molecular formula is C15H21NO5. The Kier molecular flexibility index (Phi) is 5.32. The number of carboxylic acid groups (broad SMARTS) is 1. The molecule has 0 saturated heterocycles. The number of carboxylic acids is 1. The van der Waals surface area contributed by atoms with E-state index in [0.717, 1.165) is 0 Å². The number of rotatable bonds is 5. The molecule has 0 heterocycles. The van der Waals surface area contributed by atoms with Crippen molar-refractivity contribution in [2.75, 3.05) is 7.11 Å². The van der Waals surface area contributed by atoms with Crippen molar-refractivity contribution in [3.05, 3.63) is 29.8 Å². The van der Waals surface area contributed by atoms with E-state index in [1.165, 1.54) is 7.11 Å². The second kappa shape index (κ2) is 6.58. The van der Waals surface area contributed by atoms with Crippen LogP contribution in [0.4, 0.5) is 0 Å². The molecule has 0 bridgehead atoms. The minimum atomic E-state index is -1.50. The highest BCUT2D eigenvalue weighted by Gasteiger charge is 2.38. The third kappa shape index (κ3) is 4.46. The monoisotopic (exact) mass is 295 g/mol. The van der Waals surface area contributed by atoms with Crippen molar-refractivity contribution in [2.45, 2.75) is 32.4 Å². The van der Waals surface area contributed by atoms with Gasteiger partial charge >= 0.3 is 11.9 Å². The Balaban J connectivity index is 3.11. The number of ether oxygens (including phenoxy) is 2. The lowest BCUT2D eigenvalue weighted by Gasteiger charge is -2.25. The molecule has 1 aromatic carbocycles. The highest BCUT2D eigenvalue weighted by atomic mass is 16.6. The Hall–Kier alpha value is -2.08. The molecule has 21 heavy (non-hydrogen) atoms. The second-order valence-corrected chi connectivity index (χ2v) is 5.62. The predicted molar refractivity (Wildman–Crippen MR) is 76.9 cm³/mol. The van der Waals surface area contributed by atoms with Gasteiger partial charge in [-0.25, -0.2) is 0 Å². The van der Waals surface area contributed by atoms with Gasteiger partial charge in [-0.2, -0.15) is 0 Å². The smallest absolute Gasteiger partial charge is 0.322 e. The fourth-order valence-electron chi connectivity index (χ4n) is 1.89. The lowest BCUT2D eigenvalue weighted by molar-refractivity contribution is -0.167. The van der Waals surface area contributed by atoms with Crippen LogP contribution in [0.5, 0.6) is 5.75 Å². The van der Waals surface area contributed by atoms with Crippen molar-refractivity contribution < 1.29 is 24.2 Å². The van der Waals surface area contributed by atoms with E-state index in [1.807, 2.05) is 0 Å². The standard InChI is InChI=1S/C15H21NO5/c1-15(2,3)21-14(19)11(13(17)18)12(16)9-7-5-6-8-10(9)20-4/h5-8,11-12H,16H2,1-4H3,(H,17,18). The van der Waals surface area contributed by atoms with Gasteiger partial charge in [0.25, 0.3) is 0 Å². The molecule has 0 aliphatic carbocycles. The van der Waals surface area contributed by atoms with Crippen LogP contribution in [-0.2, 0) is 14.3 Å². The summed E-state index contributed by atoms with van der Waals surface area (Å²) in [6.07, 6.45) is 0. The molecule has 0 radical (unpaired) electrons. The summed E-state index contributed by atoms with van der Waals surface area (Å²) in [7, 11) is 1.45. The number of para-hydroxylation sites is 1. The maximum Gasteiger partial charge on any atom is 0.322 e. The number of carbonyl (C=O) groups excluding carboxylic acids is 1. The van der Waals surface area contributed by atoms with Crippen LogP contribution in [0.3, 0.4) is 0 Å². The number of hydrogen-bond acceptors (Lipinski definition) is 5. The molecule has 116 valence electrons. The van der Waals surface area contributed by atoms with Gasteiger partial charge in [0.1, 0.15) is 11.4 Å². The van der Waals surface area contributed by atoms with Crippen molar-refractivity contribution in [2.24, 2.45) is 11.7 Å². The van der Waals surface area contributed by atoms with E-state index in [2.05, 4.69) is 0 Å². The quantitative estimate of drug-likeness (QED) is 0.634. The number of methoxy groups -OCH3 is 1. The number of nitrogens with two attached hydrogens (primary N) is 1. The first-order valence-electron chi connectivity index (χ1n) is 6.51. The summed E-state index contributed by atoms with van der Waals surface area (Å²) in [5.41, 5.74) is 5.63. The zero-order chi connectivity index (χ0) is 16.2. The van der Waals surface area contributed by atoms with Crippen molar-refractivity contribution in [3.8, 4) is 5.75 Å². The Morgan fingerprint density at radius 3 is 2.29 bits per heavy atom. The normalized spacial score (nSPS) is 14.1. The van der Waals surface area contributed by atoms with Crippen LogP contribution < -0.4 is 10.5 Å². The van der Waals surface area contributed by atoms with Crippen LogP contribution in [0.25, 0.3) is 0 Å². The molecule has 6 heteroatoms. The Morgan fingerprint density at radius 2 is 1.81 bits per heavy atom. The molecule has 1 aromatic rings. The fraction of sp³-hybridized carbons (Fsp3) is 0.467. The molecule has 0 spiro atoms. The molecule has 0 amide bonds. The van der Waals surface area contributed by atoms with Gasteiger partial charge in [0.15, 0.2) is 5.92 Å². The van der Waals surface area contributed by atoms with Gasteiger partial charge in [-0.05, 0) is 26.8 Å². The first kappa shape index (κ1) is 17.0. The fourth-order valence-corrected chi connectivity index (χ4v) is 1.89. The maximum atomic E-state index is 12.1. The van der Waals surface area contributed by atoms with Gasteiger partial charge in [0.2, 0.25) is 0 Å². The van der Waals surface area contributed by atoms with Crippen LogP contribution >= 0.6 is 0 Å². The van der Waals surface area contributed by atoms with Crippen molar-refractivity contribution in [3.63, 3.8) is 0 Å². The van der Waals surface area contributed by atoms with Crippen LogP contribution in [0, 0.1) is 5.92 Å². The van der Waals surface area contributed by atoms with Crippen molar-refractivity contribution in [1.82, 2.24) is 0 Å². The molecule has 0 fully saturated rings. The third-order valence-electron chi connectivity index (χ3n) is 2.78. The Morgan fingerprint density at radius 1 is 1.24 bits per heavy atom. The van der Waals surface area contributed by atoms with E-state index in [9.17, 15) is 14.7 Å². The summed E-state index contributed by atoms with van der Waals surface area (Å²) >= 11 is 0. The summed E-state index contributed by atoms with van der Waals surface area (Å²) in [4.78, 5) is 23.5. The molecule has 2 unspecified atom stereocenters. The molecule has 0 aromatic heterocycles. The lowest BCUT2D eigenvalue weighted by atomic mass is 9.93. The molecular weight excluding hydrogens is 274 g/mol. The first-order chi connectivity index (χ1) is 9.67. The van der Waals surface area contributed by atoms with Gasteiger partial charge in [-0.15, -0.1) is 0 Å². The van der Waals surface area contributed by atoms with Gasteiger partial charge in [-0.3, -0.25) is 9.59 Å². The summed E-state index contributed by atoms with van der Waals surface area (Å²) < 4.78 is 10.3. The number of aliphatic carboxylic acids is 1. The Labute approximate surface area is 123 Å². The molecule has 3 N–H and O–H groups in total. The van der Waals surface area contributed by atoms with Crippen molar-refractivity contribution in [1.29, 1.82) is 0 Å². The van der Waals surface area contributed by atoms with E-state index in [4.69, 9.17) is 15.2 Å². The second-order valence-electron chi connectivity index (χ2n) is 5.62. The third-order valence-corrected chi connectivity index (χ3v) is 2.78. The summed E-state index contributed by atoms with van der Waals surface area (Å²) in [6.45, 7) is 5.00. The highest BCUT2D eigenvalue weighted by Crippen LogP contribution is 2.30. The minimum Gasteiger partial charge on any atom is -0.496 e. The molecule has 6 nitrogen and oxygen atoms in total. The van der Waals surface area contributed by atoms with Gasteiger partial charge in [0, 0.05) is 5.56 Å². The first-order valence-corrected chi connectivity index (χ1v) is 6.51. The van der Waals surface area contributed by atoms with Gasteiger partial charge < -0.3 is 20.3 Å². The average Bonchev–Trinajstić information content (AvgIpc) is 2.36. The number of benzene rings is 1.